The van der Waals surface area contributed by atoms with Gasteiger partial charge in [-0.3, -0.25) is 5.43 Å². The quantitative estimate of drug-likeness (QED) is 0.362. The van der Waals surface area contributed by atoms with Gasteiger partial charge in [0.15, 0.2) is 5.75 Å². The number of nitrogens with zero attached hydrogens (tertiary/aromatic N) is 2. The molecule has 27 heavy (non-hydrogen) atoms. The number of hydrogen-bond acceptors (Lipinski definition) is 5. The van der Waals surface area contributed by atoms with Crippen molar-refractivity contribution in [3.63, 3.8) is 0 Å². The molecule has 0 unspecified atom stereocenters. The van der Waals surface area contributed by atoms with E-state index in [9.17, 15) is 0 Å². The average molecular weight is 420 g/mol. The maximum absolute atomic E-state index is 6.20. The van der Waals surface area contributed by atoms with Gasteiger partial charge in [0.05, 0.1) is 28.6 Å². The minimum Gasteiger partial charge on any atom is -0.491 e. The van der Waals surface area contributed by atoms with E-state index in [1.165, 1.54) is 22.5 Å². The summed E-state index contributed by atoms with van der Waals surface area (Å²) in [4.78, 5) is 4.60. The molecule has 7 heteroatoms. The monoisotopic (exact) mass is 419 g/mol. The summed E-state index contributed by atoms with van der Waals surface area (Å²) < 4.78 is 5.43. The molecule has 0 fully saturated rings. The number of hydrogen-bond donors (Lipinski definition) is 1. The summed E-state index contributed by atoms with van der Waals surface area (Å²) in [6.45, 7) is 6.55. The number of benzene rings is 2. The molecule has 0 radical (unpaired) electrons. The molecular weight excluding hydrogens is 401 g/mol. The molecule has 1 aromatic heterocycles. The largest absolute Gasteiger partial charge is 0.491 e. The number of aryl methyl sites for hydroxylation is 2. The maximum atomic E-state index is 6.20. The summed E-state index contributed by atoms with van der Waals surface area (Å²) in [5.41, 5.74) is 8.22. The number of aromatic nitrogens is 1. The Morgan fingerprint density at radius 2 is 1.93 bits per heavy atom. The Labute approximate surface area is 172 Å². The smallest absolute Gasteiger partial charge is 0.203 e. The molecule has 4 nitrogen and oxygen atoms in total. The van der Waals surface area contributed by atoms with E-state index in [4.69, 9.17) is 27.9 Å². The van der Waals surface area contributed by atoms with Crippen LogP contribution in [0.25, 0.3) is 11.3 Å². The summed E-state index contributed by atoms with van der Waals surface area (Å²) >= 11 is 13.9. The molecule has 0 aliphatic heterocycles. The highest BCUT2D eigenvalue weighted by Gasteiger charge is 2.09. The van der Waals surface area contributed by atoms with Crippen LogP contribution in [-0.4, -0.2) is 17.8 Å². The second kappa shape index (κ2) is 8.74. The highest BCUT2D eigenvalue weighted by molar-refractivity contribution is 7.14. The standard InChI is InChI=1S/C20H19Cl2N3OS/c1-4-26-19-16(21)8-14(9-17(19)22)10-23-25-20-24-18(11-27-20)15-6-5-12(2)7-13(15)3/h5-11H,4H2,1-3H3,(H,24,25)/b23-10-. The van der Waals surface area contributed by atoms with Crippen molar-refractivity contribution >= 4 is 45.9 Å². The van der Waals surface area contributed by atoms with Crippen molar-refractivity contribution in [2.45, 2.75) is 20.8 Å². The van der Waals surface area contributed by atoms with Crippen LogP contribution >= 0.6 is 34.5 Å². The van der Waals surface area contributed by atoms with Gasteiger partial charge < -0.3 is 4.74 Å². The van der Waals surface area contributed by atoms with E-state index in [0.717, 1.165) is 16.8 Å². The van der Waals surface area contributed by atoms with E-state index in [0.29, 0.717) is 27.5 Å². The molecule has 0 spiro atoms. The predicted octanol–water partition coefficient (Wildman–Crippen LogP) is 6.58. The zero-order valence-corrected chi connectivity index (χ0v) is 17.5. The summed E-state index contributed by atoms with van der Waals surface area (Å²) in [6.07, 6.45) is 1.64. The van der Waals surface area contributed by atoms with Crippen molar-refractivity contribution in [3.8, 4) is 17.0 Å². The van der Waals surface area contributed by atoms with E-state index in [2.05, 4.69) is 47.6 Å². The zero-order valence-electron chi connectivity index (χ0n) is 15.2. The Balaban J connectivity index is 1.71. The Morgan fingerprint density at radius 1 is 1.19 bits per heavy atom. The predicted molar refractivity (Wildman–Crippen MR) is 116 cm³/mol. The fourth-order valence-electron chi connectivity index (χ4n) is 2.65. The molecule has 1 heterocycles. The van der Waals surface area contributed by atoms with Crippen molar-refractivity contribution in [1.82, 2.24) is 4.98 Å². The molecule has 1 N–H and O–H groups in total. The summed E-state index contributed by atoms with van der Waals surface area (Å²) in [5, 5.41) is 7.87. The first-order chi connectivity index (χ1) is 13.0. The van der Waals surface area contributed by atoms with E-state index in [-0.39, 0.29) is 0 Å². The van der Waals surface area contributed by atoms with Crippen LogP contribution in [0.1, 0.15) is 23.6 Å². The van der Waals surface area contributed by atoms with Gasteiger partial charge in [0.25, 0.3) is 0 Å². The van der Waals surface area contributed by atoms with Gasteiger partial charge in [-0.25, -0.2) is 4.98 Å². The van der Waals surface area contributed by atoms with Crippen molar-refractivity contribution in [2.75, 3.05) is 12.0 Å². The van der Waals surface area contributed by atoms with Crippen LogP contribution in [0.5, 0.6) is 5.75 Å². The van der Waals surface area contributed by atoms with Gasteiger partial charge in [0.1, 0.15) is 0 Å². The van der Waals surface area contributed by atoms with Crippen molar-refractivity contribution in [2.24, 2.45) is 5.10 Å². The molecule has 140 valence electrons. The summed E-state index contributed by atoms with van der Waals surface area (Å²) in [7, 11) is 0. The average Bonchev–Trinajstić information content (AvgIpc) is 3.07. The molecule has 3 rings (SSSR count). The topological polar surface area (TPSA) is 46.5 Å². The third-order valence-corrected chi connectivity index (χ3v) is 5.15. The van der Waals surface area contributed by atoms with Crippen LogP contribution in [0.4, 0.5) is 5.13 Å². The third kappa shape index (κ3) is 4.80. The fraction of sp³-hybridized carbons (Fsp3) is 0.200. The van der Waals surface area contributed by atoms with E-state index >= 15 is 0 Å². The van der Waals surface area contributed by atoms with Crippen LogP contribution in [0.15, 0.2) is 40.8 Å². The second-order valence-corrected chi connectivity index (χ2v) is 7.65. The van der Waals surface area contributed by atoms with Gasteiger partial charge in [-0.1, -0.05) is 47.0 Å². The van der Waals surface area contributed by atoms with Gasteiger partial charge in [-0.15, -0.1) is 11.3 Å². The number of ether oxygens (including phenoxy) is 1. The van der Waals surface area contributed by atoms with Crippen LogP contribution in [0.3, 0.4) is 0 Å². The molecule has 2 aromatic carbocycles. The Bertz CT molecular complexity index is 962. The SMILES string of the molecule is CCOc1c(Cl)cc(/C=N\Nc2nc(-c3ccc(C)cc3C)cs2)cc1Cl. The van der Waals surface area contributed by atoms with Gasteiger partial charge in [-0.05, 0) is 44.0 Å². The van der Waals surface area contributed by atoms with Crippen molar-refractivity contribution in [1.29, 1.82) is 0 Å². The number of halogens is 2. The first kappa shape index (κ1) is 19.7. The highest BCUT2D eigenvalue weighted by atomic mass is 35.5. The second-order valence-electron chi connectivity index (χ2n) is 5.97. The lowest BCUT2D eigenvalue weighted by Gasteiger charge is -2.08. The lowest BCUT2D eigenvalue weighted by atomic mass is 10.0. The molecule has 0 bridgehead atoms. The van der Waals surface area contributed by atoms with Gasteiger partial charge in [0.2, 0.25) is 5.13 Å². The molecule has 0 saturated carbocycles. The van der Waals surface area contributed by atoms with Crippen LogP contribution < -0.4 is 10.2 Å². The number of rotatable bonds is 6. The number of nitrogens with one attached hydrogen (secondary N) is 1. The molecule has 0 amide bonds. The van der Waals surface area contributed by atoms with Gasteiger partial charge in [-0.2, -0.15) is 5.10 Å². The van der Waals surface area contributed by atoms with Gasteiger partial charge >= 0.3 is 0 Å². The molecule has 0 aliphatic carbocycles. The van der Waals surface area contributed by atoms with Crippen LogP contribution in [0.2, 0.25) is 10.0 Å². The lowest BCUT2D eigenvalue weighted by molar-refractivity contribution is 0.340. The third-order valence-electron chi connectivity index (χ3n) is 3.85. The van der Waals surface area contributed by atoms with E-state index in [1.54, 1.807) is 18.3 Å². The lowest BCUT2D eigenvalue weighted by Crippen LogP contribution is -1.95. The maximum Gasteiger partial charge on any atom is 0.203 e. The fourth-order valence-corrected chi connectivity index (χ4v) is 3.92. The molecular formula is C20H19Cl2N3OS. The van der Waals surface area contributed by atoms with E-state index in [1.807, 2.05) is 12.3 Å². The first-order valence-corrected chi connectivity index (χ1v) is 10.1. The van der Waals surface area contributed by atoms with Crippen LogP contribution in [-0.2, 0) is 0 Å². The van der Waals surface area contributed by atoms with Crippen molar-refractivity contribution < 1.29 is 4.74 Å². The number of anilines is 1. The summed E-state index contributed by atoms with van der Waals surface area (Å²) in [6, 6.07) is 9.85. The Hall–Kier alpha value is -2.08. The molecule has 0 aliphatic rings. The van der Waals surface area contributed by atoms with Crippen molar-refractivity contribution in [3.05, 3.63) is 62.4 Å². The minimum absolute atomic E-state index is 0.456. The number of hydrazone groups is 1. The highest BCUT2D eigenvalue weighted by Crippen LogP contribution is 2.34. The van der Waals surface area contributed by atoms with E-state index < -0.39 is 0 Å². The normalized spacial score (nSPS) is 11.1. The van der Waals surface area contributed by atoms with Crippen LogP contribution in [0, 0.1) is 13.8 Å². The zero-order chi connectivity index (χ0) is 19.4. The Kier molecular flexibility index (Phi) is 6.37. The molecule has 3 aromatic rings. The minimum atomic E-state index is 0.456. The number of thiazole rings is 1. The molecule has 0 atom stereocenters. The molecule has 0 saturated heterocycles. The first-order valence-electron chi connectivity index (χ1n) is 8.42. The Morgan fingerprint density at radius 3 is 2.59 bits per heavy atom. The summed E-state index contributed by atoms with van der Waals surface area (Å²) in [5.74, 6) is 0.490. The van der Waals surface area contributed by atoms with Gasteiger partial charge in [0, 0.05) is 10.9 Å².